The molecule has 1 aromatic heterocycles. The zero-order chi connectivity index (χ0) is 10.1. The number of carboxylic acid groups (broad SMARTS) is 1. The molecule has 1 aliphatic rings. The zero-order valence-electron chi connectivity index (χ0n) is 8.18. The normalized spacial score (nSPS) is 25.8. The summed E-state index contributed by atoms with van der Waals surface area (Å²) < 4.78 is 1.75. The molecule has 1 aromatic rings. The van der Waals surface area contributed by atoms with Crippen LogP contribution in [0, 0.1) is 11.8 Å². The van der Waals surface area contributed by atoms with Gasteiger partial charge in [0.1, 0.15) is 0 Å². The van der Waals surface area contributed by atoms with Crippen LogP contribution in [0.1, 0.15) is 18.4 Å². The van der Waals surface area contributed by atoms with Crippen molar-refractivity contribution in [2.45, 2.75) is 19.3 Å². The van der Waals surface area contributed by atoms with E-state index in [1.165, 1.54) is 0 Å². The summed E-state index contributed by atoms with van der Waals surface area (Å²) in [5, 5.41) is 12.9. The Morgan fingerprint density at radius 2 is 2.50 bits per heavy atom. The van der Waals surface area contributed by atoms with Crippen LogP contribution in [0.2, 0.25) is 0 Å². The Morgan fingerprint density at radius 1 is 1.71 bits per heavy atom. The summed E-state index contributed by atoms with van der Waals surface area (Å²) in [5.41, 5.74) is 1.14. The monoisotopic (exact) mass is 194 g/mol. The molecule has 2 unspecified atom stereocenters. The Labute approximate surface area is 82.5 Å². The molecule has 0 radical (unpaired) electrons. The number of carboxylic acids is 1. The van der Waals surface area contributed by atoms with E-state index in [9.17, 15) is 4.79 Å². The zero-order valence-corrected chi connectivity index (χ0v) is 8.18. The van der Waals surface area contributed by atoms with E-state index in [4.69, 9.17) is 5.11 Å². The van der Waals surface area contributed by atoms with Crippen LogP contribution in [0.25, 0.3) is 0 Å². The van der Waals surface area contributed by atoms with Crippen molar-refractivity contribution in [2.24, 2.45) is 18.9 Å². The van der Waals surface area contributed by atoms with Crippen molar-refractivity contribution in [3.63, 3.8) is 0 Å². The van der Waals surface area contributed by atoms with Crippen molar-refractivity contribution < 1.29 is 9.90 Å². The van der Waals surface area contributed by atoms with Gasteiger partial charge in [-0.2, -0.15) is 5.10 Å². The number of aryl methyl sites for hydroxylation is 1. The average molecular weight is 194 g/mol. The maximum Gasteiger partial charge on any atom is 0.306 e. The van der Waals surface area contributed by atoms with Gasteiger partial charge in [0.05, 0.1) is 12.1 Å². The summed E-state index contributed by atoms with van der Waals surface area (Å²) in [5.74, 6) is -0.461. The van der Waals surface area contributed by atoms with E-state index in [1.54, 1.807) is 4.68 Å². The van der Waals surface area contributed by atoms with E-state index in [-0.39, 0.29) is 5.92 Å². The lowest BCUT2D eigenvalue weighted by atomic mass is 9.71. The van der Waals surface area contributed by atoms with Gasteiger partial charge in [0, 0.05) is 13.2 Å². The molecule has 1 aliphatic carbocycles. The van der Waals surface area contributed by atoms with Crippen LogP contribution in [-0.4, -0.2) is 20.9 Å². The van der Waals surface area contributed by atoms with E-state index in [0.717, 1.165) is 24.8 Å². The fourth-order valence-electron chi connectivity index (χ4n) is 2.02. The molecule has 4 heteroatoms. The second-order valence-electron chi connectivity index (χ2n) is 4.01. The molecule has 0 bridgehead atoms. The highest BCUT2D eigenvalue weighted by atomic mass is 16.4. The first-order valence-corrected chi connectivity index (χ1v) is 4.87. The molecular weight excluding hydrogens is 180 g/mol. The van der Waals surface area contributed by atoms with Gasteiger partial charge in [-0.25, -0.2) is 0 Å². The fourth-order valence-corrected chi connectivity index (χ4v) is 2.02. The molecular formula is C10H14N2O2. The Bertz CT molecular complexity index is 346. The molecule has 0 aromatic carbocycles. The van der Waals surface area contributed by atoms with Gasteiger partial charge in [-0.1, -0.05) is 0 Å². The number of hydrogen-bond donors (Lipinski definition) is 1. The summed E-state index contributed by atoms with van der Waals surface area (Å²) in [7, 11) is 1.87. The molecule has 14 heavy (non-hydrogen) atoms. The molecule has 0 spiro atoms. The molecule has 0 saturated heterocycles. The molecule has 1 heterocycles. The smallest absolute Gasteiger partial charge is 0.306 e. The molecule has 1 N–H and O–H groups in total. The molecule has 0 aliphatic heterocycles. The number of aliphatic carboxylic acids is 1. The molecule has 2 atom stereocenters. The number of aromatic nitrogens is 2. The van der Waals surface area contributed by atoms with Crippen LogP contribution in [0.15, 0.2) is 12.4 Å². The van der Waals surface area contributed by atoms with Crippen molar-refractivity contribution in [3.05, 3.63) is 18.0 Å². The second-order valence-corrected chi connectivity index (χ2v) is 4.01. The highest BCUT2D eigenvalue weighted by Gasteiger charge is 2.36. The summed E-state index contributed by atoms with van der Waals surface area (Å²) in [6.45, 7) is 0. The standard InChI is InChI=1S/C10H14N2O2/c1-12-6-7(5-11-12)4-8-2-3-9(8)10(13)14/h5-6,8-9H,2-4H2,1H3,(H,13,14). The van der Waals surface area contributed by atoms with Crippen LogP contribution in [0.3, 0.4) is 0 Å². The Morgan fingerprint density at radius 3 is 2.93 bits per heavy atom. The van der Waals surface area contributed by atoms with Crippen molar-refractivity contribution in [3.8, 4) is 0 Å². The molecule has 1 saturated carbocycles. The molecule has 76 valence electrons. The van der Waals surface area contributed by atoms with Gasteiger partial charge in [-0.15, -0.1) is 0 Å². The minimum Gasteiger partial charge on any atom is -0.481 e. The first kappa shape index (κ1) is 9.24. The van der Waals surface area contributed by atoms with Gasteiger partial charge in [0.25, 0.3) is 0 Å². The molecule has 0 amide bonds. The maximum absolute atomic E-state index is 10.8. The van der Waals surface area contributed by atoms with Crippen molar-refractivity contribution >= 4 is 5.97 Å². The second kappa shape index (κ2) is 3.44. The van der Waals surface area contributed by atoms with Gasteiger partial charge in [-0.3, -0.25) is 9.48 Å². The lowest BCUT2D eigenvalue weighted by Crippen LogP contribution is -2.34. The quantitative estimate of drug-likeness (QED) is 0.783. The number of rotatable bonds is 3. The van der Waals surface area contributed by atoms with E-state index in [0.29, 0.717) is 5.92 Å². The maximum atomic E-state index is 10.8. The van der Waals surface area contributed by atoms with Crippen LogP contribution < -0.4 is 0 Å². The highest BCUT2D eigenvalue weighted by Crippen LogP contribution is 2.36. The Balaban J connectivity index is 1.95. The third-order valence-electron chi connectivity index (χ3n) is 2.99. The third kappa shape index (κ3) is 1.64. The minimum absolute atomic E-state index is 0.129. The van der Waals surface area contributed by atoms with E-state index in [2.05, 4.69) is 5.10 Å². The van der Waals surface area contributed by atoms with E-state index < -0.39 is 5.97 Å². The van der Waals surface area contributed by atoms with Crippen LogP contribution in [-0.2, 0) is 18.3 Å². The Kier molecular flexibility index (Phi) is 2.27. The van der Waals surface area contributed by atoms with Crippen molar-refractivity contribution in [1.82, 2.24) is 9.78 Å². The Hall–Kier alpha value is -1.32. The SMILES string of the molecule is Cn1cc(CC2CCC2C(=O)O)cn1. The van der Waals surface area contributed by atoms with Gasteiger partial charge >= 0.3 is 5.97 Å². The first-order chi connectivity index (χ1) is 6.66. The third-order valence-corrected chi connectivity index (χ3v) is 2.99. The lowest BCUT2D eigenvalue weighted by Gasteiger charge is -2.32. The number of nitrogens with zero attached hydrogens (tertiary/aromatic N) is 2. The van der Waals surface area contributed by atoms with E-state index >= 15 is 0 Å². The summed E-state index contributed by atoms with van der Waals surface area (Å²) in [4.78, 5) is 10.8. The molecule has 2 rings (SSSR count). The number of hydrogen-bond acceptors (Lipinski definition) is 2. The first-order valence-electron chi connectivity index (χ1n) is 4.87. The summed E-state index contributed by atoms with van der Waals surface area (Å²) in [6.07, 6.45) is 6.49. The van der Waals surface area contributed by atoms with Gasteiger partial charge in [-0.05, 0) is 30.7 Å². The topological polar surface area (TPSA) is 55.1 Å². The lowest BCUT2D eigenvalue weighted by molar-refractivity contribution is -0.147. The molecule has 4 nitrogen and oxygen atoms in total. The summed E-state index contributed by atoms with van der Waals surface area (Å²) >= 11 is 0. The summed E-state index contributed by atoms with van der Waals surface area (Å²) in [6, 6.07) is 0. The van der Waals surface area contributed by atoms with E-state index in [1.807, 2.05) is 19.4 Å². The van der Waals surface area contributed by atoms with Crippen LogP contribution in [0.4, 0.5) is 0 Å². The highest BCUT2D eigenvalue weighted by molar-refractivity contribution is 5.71. The van der Waals surface area contributed by atoms with Crippen molar-refractivity contribution in [2.75, 3.05) is 0 Å². The number of carbonyl (C=O) groups is 1. The van der Waals surface area contributed by atoms with Crippen molar-refractivity contribution in [1.29, 1.82) is 0 Å². The average Bonchev–Trinajstić information content (AvgIpc) is 2.44. The fraction of sp³-hybridized carbons (Fsp3) is 0.600. The van der Waals surface area contributed by atoms with Crippen LogP contribution in [0.5, 0.6) is 0 Å². The predicted molar refractivity (Wildman–Crippen MR) is 50.8 cm³/mol. The van der Waals surface area contributed by atoms with Gasteiger partial charge in [0.2, 0.25) is 0 Å². The minimum atomic E-state index is -0.648. The predicted octanol–water partition coefficient (Wildman–Crippen LogP) is 1.07. The molecule has 1 fully saturated rings. The van der Waals surface area contributed by atoms with Crippen LogP contribution >= 0.6 is 0 Å². The largest absolute Gasteiger partial charge is 0.481 e. The van der Waals surface area contributed by atoms with Gasteiger partial charge < -0.3 is 5.11 Å². The van der Waals surface area contributed by atoms with Gasteiger partial charge in [0.15, 0.2) is 0 Å².